The molecular formula is C16H21BrClNO2. The SMILES string of the molecule is CCOCCCNCc1ccc(-c2ccc(Br)cc2)o1.Cl. The molecule has 0 spiro atoms. The first kappa shape index (κ1) is 18.2. The summed E-state index contributed by atoms with van der Waals surface area (Å²) in [7, 11) is 0. The molecule has 1 N–H and O–H groups in total. The van der Waals surface area contributed by atoms with Crippen LogP contribution in [0.2, 0.25) is 0 Å². The second kappa shape index (κ2) is 10.0. The zero-order valence-corrected chi connectivity index (χ0v) is 14.5. The van der Waals surface area contributed by atoms with Gasteiger partial charge in [-0.15, -0.1) is 12.4 Å². The van der Waals surface area contributed by atoms with E-state index in [0.29, 0.717) is 0 Å². The first-order valence-corrected chi connectivity index (χ1v) is 7.72. The number of hydrogen-bond acceptors (Lipinski definition) is 3. The van der Waals surface area contributed by atoms with Crippen LogP contribution in [-0.4, -0.2) is 19.8 Å². The van der Waals surface area contributed by atoms with E-state index >= 15 is 0 Å². The summed E-state index contributed by atoms with van der Waals surface area (Å²) in [5, 5.41) is 3.35. The van der Waals surface area contributed by atoms with Gasteiger partial charge in [0.25, 0.3) is 0 Å². The summed E-state index contributed by atoms with van der Waals surface area (Å²) in [6, 6.07) is 12.2. The van der Waals surface area contributed by atoms with E-state index < -0.39 is 0 Å². The molecule has 0 radical (unpaired) electrons. The van der Waals surface area contributed by atoms with E-state index in [2.05, 4.69) is 21.2 Å². The Morgan fingerprint density at radius 3 is 2.62 bits per heavy atom. The van der Waals surface area contributed by atoms with Crippen molar-refractivity contribution in [2.24, 2.45) is 0 Å². The molecule has 3 nitrogen and oxygen atoms in total. The fourth-order valence-electron chi connectivity index (χ4n) is 1.90. The summed E-state index contributed by atoms with van der Waals surface area (Å²) in [5.74, 6) is 1.86. The van der Waals surface area contributed by atoms with Gasteiger partial charge in [0.05, 0.1) is 6.54 Å². The largest absolute Gasteiger partial charge is 0.460 e. The maximum Gasteiger partial charge on any atom is 0.134 e. The molecule has 0 unspecified atom stereocenters. The minimum absolute atomic E-state index is 0. The smallest absolute Gasteiger partial charge is 0.134 e. The molecule has 0 aliphatic carbocycles. The van der Waals surface area contributed by atoms with Crippen LogP contribution in [0.5, 0.6) is 0 Å². The third kappa shape index (κ3) is 6.22. The molecule has 1 heterocycles. The first-order chi connectivity index (χ1) is 9.79. The molecule has 0 saturated heterocycles. The van der Waals surface area contributed by atoms with Crippen molar-refractivity contribution in [3.63, 3.8) is 0 Å². The molecule has 0 aliphatic rings. The highest BCUT2D eigenvalue weighted by Gasteiger charge is 2.04. The summed E-state index contributed by atoms with van der Waals surface area (Å²) in [6.07, 6.45) is 1.02. The average Bonchev–Trinajstić information content (AvgIpc) is 2.92. The average molecular weight is 375 g/mol. The molecule has 5 heteroatoms. The van der Waals surface area contributed by atoms with Crippen LogP contribution in [0.3, 0.4) is 0 Å². The van der Waals surface area contributed by atoms with E-state index in [4.69, 9.17) is 9.15 Å². The Bertz CT molecular complexity index is 513. The lowest BCUT2D eigenvalue weighted by atomic mass is 10.2. The second-order valence-corrected chi connectivity index (χ2v) is 5.42. The van der Waals surface area contributed by atoms with E-state index in [1.807, 2.05) is 43.3 Å². The maximum absolute atomic E-state index is 5.83. The van der Waals surface area contributed by atoms with Crippen molar-refractivity contribution in [3.8, 4) is 11.3 Å². The molecule has 2 aromatic rings. The summed E-state index contributed by atoms with van der Waals surface area (Å²) in [4.78, 5) is 0. The number of ether oxygens (including phenoxy) is 1. The van der Waals surface area contributed by atoms with Crippen molar-refractivity contribution < 1.29 is 9.15 Å². The van der Waals surface area contributed by atoms with Crippen molar-refractivity contribution in [1.29, 1.82) is 0 Å². The highest BCUT2D eigenvalue weighted by molar-refractivity contribution is 9.10. The van der Waals surface area contributed by atoms with Crippen molar-refractivity contribution in [3.05, 3.63) is 46.6 Å². The zero-order valence-electron chi connectivity index (χ0n) is 12.1. The van der Waals surface area contributed by atoms with Gasteiger partial charge in [0.2, 0.25) is 0 Å². The predicted molar refractivity (Wildman–Crippen MR) is 91.9 cm³/mol. The summed E-state index contributed by atoms with van der Waals surface area (Å²) in [6.45, 7) is 5.30. The summed E-state index contributed by atoms with van der Waals surface area (Å²) >= 11 is 3.43. The van der Waals surface area contributed by atoms with Crippen LogP contribution in [0.25, 0.3) is 11.3 Å². The molecule has 1 aromatic carbocycles. The van der Waals surface area contributed by atoms with Gasteiger partial charge >= 0.3 is 0 Å². The number of nitrogens with one attached hydrogen (secondary N) is 1. The van der Waals surface area contributed by atoms with Crippen molar-refractivity contribution in [1.82, 2.24) is 5.32 Å². The Kier molecular flexibility index (Phi) is 8.69. The number of benzene rings is 1. The third-order valence-electron chi connectivity index (χ3n) is 2.94. The normalized spacial score (nSPS) is 10.4. The Labute approximate surface area is 140 Å². The third-order valence-corrected chi connectivity index (χ3v) is 3.46. The van der Waals surface area contributed by atoms with E-state index in [1.54, 1.807) is 0 Å². The van der Waals surface area contributed by atoms with Gasteiger partial charge in [0, 0.05) is 23.2 Å². The summed E-state index contributed by atoms with van der Waals surface area (Å²) in [5.41, 5.74) is 1.09. The number of furan rings is 1. The predicted octanol–water partition coefficient (Wildman–Crippen LogP) is 4.65. The van der Waals surface area contributed by atoms with Gasteiger partial charge in [-0.05, 0) is 44.2 Å². The van der Waals surface area contributed by atoms with Gasteiger partial charge in [-0.1, -0.05) is 28.1 Å². The van der Waals surface area contributed by atoms with Crippen LogP contribution in [0.15, 0.2) is 45.3 Å². The van der Waals surface area contributed by atoms with Gasteiger partial charge in [-0.25, -0.2) is 0 Å². The number of rotatable bonds is 8. The lowest BCUT2D eigenvalue weighted by Gasteiger charge is -2.03. The Morgan fingerprint density at radius 1 is 1.14 bits per heavy atom. The van der Waals surface area contributed by atoms with Gasteiger partial charge in [0.15, 0.2) is 0 Å². The topological polar surface area (TPSA) is 34.4 Å². The molecule has 0 saturated carbocycles. The fraction of sp³-hybridized carbons (Fsp3) is 0.375. The van der Waals surface area contributed by atoms with Gasteiger partial charge in [-0.2, -0.15) is 0 Å². The minimum atomic E-state index is 0. The lowest BCUT2D eigenvalue weighted by Crippen LogP contribution is -2.15. The quantitative estimate of drug-likeness (QED) is 0.683. The molecule has 0 aliphatic heterocycles. The van der Waals surface area contributed by atoms with Crippen LogP contribution < -0.4 is 5.32 Å². The molecule has 21 heavy (non-hydrogen) atoms. The first-order valence-electron chi connectivity index (χ1n) is 6.92. The number of hydrogen-bond donors (Lipinski definition) is 1. The van der Waals surface area contributed by atoms with Crippen molar-refractivity contribution >= 4 is 28.3 Å². The van der Waals surface area contributed by atoms with Gasteiger partial charge in [-0.3, -0.25) is 0 Å². The van der Waals surface area contributed by atoms with Crippen LogP contribution in [0.4, 0.5) is 0 Å². The zero-order chi connectivity index (χ0) is 14.2. The second-order valence-electron chi connectivity index (χ2n) is 4.50. The standard InChI is InChI=1S/C16H20BrNO2.ClH/c1-2-19-11-3-10-18-12-15-8-9-16(20-15)13-4-6-14(17)7-5-13;/h4-9,18H,2-3,10-12H2,1H3;1H. The lowest BCUT2D eigenvalue weighted by molar-refractivity contribution is 0.144. The monoisotopic (exact) mass is 373 g/mol. The van der Waals surface area contributed by atoms with Crippen LogP contribution in [0, 0.1) is 0 Å². The van der Waals surface area contributed by atoms with Crippen LogP contribution in [0.1, 0.15) is 19.1 Å². The Morgan fingerprint density at radius 2 is 1.90 bits per heavy atom. The molecule has 0 bridgehead atoms. The number of halogens is 2. The van der Waals surface area contributed by atoms with Gasteiger partial charge in [0.1, 0.15) is 11.5 Å². The fourth-order valence-corrected chi connectivity index (χ4v) is 2.16. The molecule has 116 valence electrons. The van der Waals surface area contributed by atoms with E-state index in [9.17, 15) is 0 Å². The van der Waals surface area contributed by atoms with E-state index in [0.717, 1.165) is 54.3 Å². The Hall–Kier alpha value is -0.810. The van der Waals surface area contributed by atoms with Crippen molar-refractivity contribution in [2.45, 2.75) is 19.9 Å². The van der Waals surface area contributed by atoms with Crippen LogP contribution in [-0.2, 0) is 11.3 Å². The summed E-state index contributed by atoms with van der Waals surface area (Å²) < 4.78 is 12.2. The molecule has 2 rings (SSSR count). The van der Waals surface area contributed by atoms with Crippen molar-refractivity contribution in [2.75, 3.05) is 19.8 Å². The van der Waals surface area contributed by atoms with E-state index in [-0.39, 0.29) is 12.4 Å². The molecular weight excluding hydrogens is 354 g/mol. The van der Waals surface area contributed by atoms with Crippen LogP contribution >= 0.6 is 28.3 Å². The maximum atomic E-state index is 5.83. The van der Waals surface area contributed by atoms with E-state index in [1.165, 1.54) is 0 Å². The Balaban J connectivity index is 0.00000220. The molecule has 0 atom stereocenters. The molecule has 0 amide bonds. The highest BCUT2D eigenvalue weighted by atomic mass is 79.9. The molecule has 1 aromatic heterocycles. The van der Waals surface area contributed by atoms with Gasteiger partial charge < -0.3 is 14.5 Å². The highest BCUT2D eigenvalue weighted by Crippen LogP contribution is 2.23. The minimum Gasteiger partial charge on any atom is -0.460 e. The molecule has 0 fully saturated rings.